The number of halogens is 1. The van der Waals surface area contributed by atoms with E-state index in [1.54, 1.807) is 0 Å². The van der Waals surface area contributed by atoms with Crippen LogP contribution in [-0.4, -0.2) is 0 Å². The van der Waals surface area contributed by atoms with Gasteiger partial charge >= 0.3 is 0 Å². The molecule has 0 heterocycles. The van der Waals surface area contributed by atoms with E-state index in [1.165, 1.54) is 46.8 Å². The van der Waals surface area contributed by atoms with Gasteiger partial charge in [-0.15, -0.1) is 0 Å². The lowest BCUT2D eigenvalue weighted by Crippen LogP contribution is -2.38. The molecule has 3 unspecified atom stereocenters. The molecular weight excluding hydrogens is 347 g/mol. The Morgan fingerprint density at radius 1 is 1.37 bits per heavy atom. The Morgan fingerprint density at radius 2 is 2.11 bits per heavy atom. The number of nitrogens with one attached hydrogen (secondary N) is 1. The first-order valence-corrected chi connectivity index (χ1v) is 8.48. The predicted octanol–water partition coefficient (Wildman–Crippen LogP) is 4.32. The van der Waals surface area contributed by atoms with Crippen molar-refractivity contribution >= 4 is 22.6 Å². The molecule has 1 aliphatic rings. The van der Waals surface area contributed by atoms with E-state index in [-0.39, 0.29) is 0 Å². The lowest BCUT2D eigenvalue weighted by molar-refractivity contribution is 0.175. The van der Waals surface area contributed by atoms with Crippen molar-refractivity contribution in [2.75, 3.05) is 0 Å². The number of aryl methyl sites for hydroxylation is 1. The van der Waals surface area contributed by atoms with Gasteiger partial charge in [-0.1, -0.05) is 50.8 Å². The molecule has 3 heteroatoms. The number of hydrogen-bond acceptors (Lipinski definition) is 2. The second-order valence-corrected chi connectivity index (χ2v) is 6.82. The Bertz CT molecular complexity index is 419. The van der Waals surface area contributed by atoms with Crippen LogP contribution in [0.5, 0.6) is 0 Å². The molecule has 0 radical (unpaired) electrons. The summed E-state index contributed by atoms with van der Waals surface area (Å²) >= 11 is 2.46. The Morgan fingerprint density at radius 3 is 2.79 bits per heavy atom. The van der Waals surface area contributed by atoms with Gasteiger partial charge in [-0.05, 0) is 58.9 Å². The first-order chi connectivity index (χ1) is 9.19. The summed E-state index contributed by atoms with van der Waals surface area (Å²) in [6, 6.07) is 6.87. The molecule has 0 amide bonds. The topological polar surface area (TPSA) is 38.0 Å². The van der Waals surface area contributed by atoms with Crippen molar-refractivity contribution in [3.05, 3.63) is 32.9 Å². The number of benzene rings is 1. The fraction of sp³-hybridized carbons (Fsp3) is 0.625. The average Bonchev–Trinajstić information content (AvgIpc) is 2.45. The van der Waals surface area contributed by atoms with Gasteiger partial charge in [-0.2, -0.15) is 0 Å². The highest BCUT2D eigenvalue weighted by molar-refractivity contribution is 14.1. The van der Waals surface area contributed by atoms with Crippen molar-refractivity contribution in [3.8, 4) is 0 Å². The van der Waals surface area contributed by atoms with Crippen LogP contribution in [0.15, 0.2) is 18.2 Å². The molecule has 2 rings (SSSR count). The molecule has 19 heavy (non-hydrogen) atoms. The van der Waals surface area contributed by atoms with Crippen LogP contribution in [-0.2, 0) is 0 Å². The molecule has 0 spiro atoms. The van der Waals surface area contributed by atoms with Crippen LogP contribution in [0.25, 0.3) is 0 Å². The van der Waals surface area contributed by atoms with Crippen LogP contribution >= 0.6 is 22.6 Å². The zero-order chi connectivity index (χ0) is 13.8. The maximum absolute atomic E-state index is 5.92. The van der Waals surface area contributed by atoms with E-state index in [2.05, 4.69) is 60.1 Å². The highest BCUT2D eigenvalue weighted by atomic mass is 127. The summed E-state index contributed by atoms with van der Waals surface area (Å²) in [5.41, 5.74) is 5.85. The molecular formula is C16H25IN2. The normalized spacial score (nSPS) is 25.3. The van der Waals surface area contributed by atoms with Crippen LogP contribution in [0.3, 0.4) is 0 Å². The molecule has 3 N–H and O–H groups in total. The molecule has 1 aromatic rings. The molecule has 1 aliphatic carbocycles. The Hall–Kier alpha value is -0.130. The van der Waals surface area contributed by atoms with E-state index in [0.717, 1.165) is 5.92 Å². The number of hydrogen-bond donors (Lipinski definition) is 2. The highest BCUT2D eigenvalue weighted by Gasteiger charge is 2.32. The van der Waals surface area contributed by atoms with Crippen LogP contribution in [0.2, 0.25) is 0 Å². The Labute approximate surface area is 130 Å². The minimum atomic E-state index is 0.303. The summed E-state index contributed by atoms with van der Waals surface area (Å²) in [6.07, 6.45) is 6.67. The third-order valence-electron chi connectivity index (χ3n) is 4.66. The monoisotopic (exact) mass is 372 g/mol. The first kappa shape index (κ1) is 15.3. The van der Waals surface area contributed by atoms with Crippen molar-refractivity contribution < 1.29 is 0 Å². The van der Waals surface area contributed by atoms with Gasteiger partial charge in [0.05, 0.1) is 6.04 Å². The van der Waals surface area contributed by atoms with E-state index in [4.69, 9.17) is 5.84 Å². The maximum Gasteiger partial charge on any atom is 0.0501 e. The first-order valence-electron chi connectivity index (χ1n) is 7.40. The van der Waals surface area contributed by atoms with E-state index in [9.17, 15) is 0 Å². The average molecular weight is 372 g/mol. The summed E-state index contributed by atoms with van der Waals surface area (Å²) in [7, 11) is 0. The van der Waals surface area contributed by atoms with Crippen molar-refractivity contribution in [2.45, 2.75) is 52.0 Å². The minimum absolute atomic E-state index is 0.303. The van der Waals surface area contributed by atoms with Gasteiger partial charge in [0.2, 0.25) is 0 Å². The standard InChI is InChI=1S/C16H25IN2/c1-3-12-8-4-5-9-13(12)16(19-18)14-10-6-7-11(2)15(14)17/h6-7,10,12-13,16,19H,3-5,8-9,18H2,1-2H3. The number of nitrogens with two attached hydrogens (primary N) is 1. The molecule has 2 nitrogen and oxygen atoms in total. The zero-order valence-corrected chi connectivity index (χ0v) is 14.1. The predicted molar refractivity (Wildman–Crippen MR) is 89.7 cm³/mol. The summed E-state index contributed by atoms with van der Waals surface area (Å²) in [4.78, 5) is 0. The lowest BCUT2D eigenvalue weighted by atomic mass is 9.72. The van der Waals surface area contributed by atoms with Gasteiger partial charge in [0, 0.05) is 3.57 Å². The molecule has 3 atom stereocenters. The Kier molecular flexibility index (Phi) is 5.66. The van der Waals surface area contributed by atoms with E-state index >= 15 is 0 Å². The van der Waals surface area contributed by atoms with E-state index in [1.807, 2.05) is 0 Å². The summed E-state index contributed by atoms with van der Waals surface area (Å²) in [5.74, 6) is 7.41. The summed E-state index contributed by atoms with van der Waals surface area (Å²) < 4.78 is 1.36. The molecule has 1 saturated carbocycles. The molecule has 0 saturated heterocycles. The SMILES string of the molecule is CCC1CCCCC1C(NN)c1cccc(C)c1I. The molecule has 0 aromatic heterocycles. The zero-order valence-electron chi connectivity index (χ0n) is 12.0. The van der Waals surface area contributed by atoms with Crippen molar-refractivity contribution in [1.29, 1.82) is 0 Å². The smallest absolute Gasteiger partial charge is 0.0501 e. The van der Waals surface area contributed by atoms with Gasteiger partial charge in [0.25, 0.3) is 0 Å². The Balaban J connectivity index is 2.30. The lowest BCUT2D eigenvalue weighted by Gasteiger charge is -2.37. The third-order valence-corrected chi connectivity index (χ3v) is 6.13. The molecule has 0 aliphatic heterocycles. The van der Waals surface area contributed by atoms with Gasteiger partial charge in [0.15, 0.2) is 0 Å². The summed E-state index contributed by atoms with van der Waals surface area (Å²) in [5, 5.41) is 0. The van der Waals surface area contributed by atoms with Crippen LogP contribution < -0.4 is 11.3 Å². The summed E-state index contributed by atoms with van der Waals surface area (Å²) in [6.45, 7) is 4.49. The van der Waals surface area contributed by atoms with Crippen LogP contribution in [0.1, 0.15) is 56.2 Å². The quantitative estimate of drug-likeness (QED) is 0.469. The van der Waals surface area contributed by atoms with Gasteiger partial charge in [-0.3, -0.25) is 11.3 Å². The second-order valence-electron chi connectivity index (χ2n) is 5.74. The second kappa shape index (κ2) is 7.04. The van der Waals surface area contributed by atoms with Gasteiger partial charge < -0.3 is 0 Å². The van der Waals surface area contributed by atoms with E-state index in [0.29, 0.717) is 12.0 Å². The van der Waals surface area contributed by atoms with E-state index < -0.39 is 0 Å². The third kappa shape index (κ3) is 3.31. The van der Waals surface area contributed by atoms with Crippen molar-refractivity contribution in [1.82, 2.24) is 5.43 Å². The number of rotatable bonds is 4. The van der Waals surface area contributed by atoms with Gasteiger partial charge in [-0.25, -0.2) is 0 Å². The largest absolute Gasteiger partial charge is 0.271 e. The molecule has 106 valence electrons. The molecule has 1 aromatic carbocycles. The van der Waals surface area contributed by atoms with Crippen LogP contribution in [0.4, 0.5) is 0 Å². The van der Waals surface area contributed by atoms with Crippen LogP contribution in [0, 0.1) is 22.3 Å². The van der Waals surface area contributed by atoms with Crippen molar-refractivity contribution in [2.24, 2.45) is 17.7 Å². The highest BCUT2D eigenvalue weighted by Crippen LogP contribution is 2.41. The minimum Gasteiger partial charge on any atom is -0.271 e. The molecule has 1 fully saturated rings. The maximum atomic E-state index is 5.92. The van der Waals surface area contributed by atoms with Crippen molar-refractivity contribution in [3.63, 3.8) is 0 Å². The number of hydrazine groups is 1. The molecule has 0 bridgehead atoms. The fourth-order valence-electron chi connectivity index (χ4n) is 3.54. The van der Waals surface area contributed by atoms with Gasteiger partial charge in [0.1, 0.15) is 0 Å². The fourth-order valence-corrected chi connectivity index (χ4v) is 4.23.